The number of amides is 2. The van der Waals surface area contributed by atoms with Crippen molar-refractivity contribution in [2.24, 2.45) is 0 Å². The third kappa shape index (κ3) is 4.64. The maximum absolute atomic E-state index is 12.2. The number of unbranched alkanes of at least 4 members (excludes halogenated alkanes) is 1. The summed E-state index contributed by atoms with van der Waals surface area (Å²) in [6.07, 6.45) is 3.48. The van der Waals surface area contributed by atoms with Crippen molar-refractivity contribution in [2.75, 3.05) is 13.6 Å². The Bertz CT molecular complexity index is 472. The summed E-state index contributed by atoms with van der Waals surface area (Å²) in [6, 6.07) is 3.21. The fourth-order valence-corrected chi connectivity index (χ4v) is 1.73. The number of nitrogens with one attached hydrogen (secondary N) is 1. The molecule has 20 heavy (non-hydrogen) atoms. The molecular weight excluding hydrogens is 254 g/mol. The Labute approximate surface area is 120 Å². The summed E-state index contributed by atoms with van der Waals surface area (Å²) in [5, 5.41) is 2.80. The molecule has 0 spiro atoms. The van der Waals surface area contributed by atoms with Crippen LogP contribution in [0.1, 0.15) is 54.5 Å². The van der Waals surface area contributed by atoms with E-state index in [1.807, 2.05) is 13.8 Å². The maximum Gasteiger partial charge on any atom is 0.272 e. The first-order valence-corrected chi connectivity index (χ1v) is 6.98. The third-order valence-electron chi connectivity index (χ3n) is 2.85. The highest BCUT2D eigenvalue weighted by Crippen LogP contribution is 2.06. The predicted octanol–water partition coefficient (Wildman–Crippen LogP) is 2.09. The van der Waals surface area contributed by atoms with Gasteiger partial charge in [0, 0.05) is 31.4 Å². The van der Waals surface area contributed by atoms with Gasteiger partial charge in [0.25, 0.3) is 11.8 Å². The van der Waals surface area contributed by atoms with E-state index in [0.717, 1.165) is 12.8 Å². The molecule has 0 unspecified atom stereocenters. The molecule has 1 aromatic heterocycles. The first kappa shape index (κ1) is 16.1. The van der Waals surface area contributed by atoms with E-state index in [-0.39, 0.29) is 17.9 Å². The Morgan fingerprint density at radius 1 is 1.40 bits per heavy atom. The monoisotopic (exact) mass is 277 g/mol. The molecule has 0 aromatic carbocycles. The summed E-state index contributed by atoms with van der Waals surface area (Å²) in [5.41, 5.74) is 0.765. The molecule has 0 atom stereocenters. The lowest BCUT2D eigenvalue weighted by atomic mass is 10.2. The highest BCUT2D eigenvalue weighted by Gasteiger charge is 2.15. The van der Waals surface area contributed by atoms with E-state index in [1.54, 1.807) is 24.1 Å². The van der Waals surface area contributed by atoms with E-state index >= 15 is 0 Å². The zero-order chi connectivity index (χ0) is 15.1. The van der Waals surface area contributed by atoms with Crippen LogP contribution in [0.5, 0.6) is 0 Å². The summed E-state index contributed by atoms with van der Waals surface area (Å²) in [7, 11) is 1.75. The highest BCUT2D eigenvalue weighted by atomic mass is 16.2. The van der Waals surface area contributed by atoms with Gasteiger partial charge in [-0.15, -0.1) is 0 Å². The molecule has 5 nitrogen and oxygen atoms in total. The number of hydrogen-bond donors (Lipinski definition) is 1. The Hall–Kier alpha value is -1.91. The lowest BCUT2D eigenvalue weighted by Crippen LogP contribution is -2.31. The average Bonchev–Trinajstić information content (AvgIpc) is 2.43. The van der Waals surface area contributed by atoms with Crippen LogP contribution in [0.3, 0.4) is 0 Å². The lowest BCUT2D eigenvalue weighted by Gasteiger charge is -2.16. The van der Waals surface area contributed by atoms with Gasteiger partial charge in [0.2, 0.25) is 0 Å². The van der Waals surface area contributed by atoms with Crippen molar-refractivity contribution in [1.82, 2.24) is 15.2 Å². The molecule has 2 amide bonds. The van der Waals surface area contributed by atoms with E-state index in [9.17, 15) is 9.59 Å². The molecular formula is C15H23N3O2. The van der Waals surface area contributed by atoms with Crippen LogP contribution >= 0.6 is 0 Å². The third-order valence-corrected chi connectivity index (χ3v) is 2.85. The zero-order valence-corrected chi connectivity index (χ0v) is 12.6. The Morgan fingerprint density at radius 2 is 2.10 bits per heavy atom. The van der Waals surface area contributed by atoms with Crippen molar-refractivity contribution in [3.8, 4) is 0 Å². The second-order valence-electron chi connectivity index (χ2n) is 5.14. The van der Waals surface area contributed by atoms with Crippen molar-refractivity contribution >= 4 is 11.8 Å². The molecule has 1 heterocycles. The largest absolute Gasteiger partial charge is 0.350 e. The van der Waals surface area contributed by atoms with E-state index in [4.69, 9.17) is 0 Å². The Balaban J connectivity index is 2.82. The number of carbonyl (C=O) groups is 2. The normalized spacial score (nSPS) is 10.4. The van der Waals surface area contributed by atoms with Gasteiger partial charge in [0.05, 0.1) is 0 Å². The van der Waals surface area contributed by atoms with Gasteiger partial charge in [-0.2, -0.15) is 0 Å². The molecule has 0 aliphatic rings. The average molecular weight is 277 g/mol. The smallest absolute Gasteiger partial charge is 0.272 e. The lowest BCUT2D eigenvalue weighted by molar-refractivity contribution is 0.0787. The molecule has 0 aliphatic carbocycles. The molecule has 0 fully saturated rings. The van der Waals surface area contributed by atoms with Crippen molar-refractivity contribution < 1.29 is 9.59 Å². The Morgan fingerprint density at radius 3 is 2.70 bits per heavy atom. The van der Waals surface area contributed by atoms with Crippen LogP contribution in [0.15, 0.2) is 18.3 Å². The minimum atomic E-state index is -0.187. The van der Waals surface area contributed by atoms with Gasteiger partial charge < -0.3 is 10.2 Å². The van der Waals surface area contributed by atoms with Crippen LogP contribution in [-0.2, 0) is 0 Å². The second kappa shape index (κ2) is 7.62. The SMILES string of the molecule is CCCCN(C)C(=O)c1cc(C(=O)NC(C)C)ccn1. The van der Waals surface area contributed by atoms with E-state index in [1.165, 1.54) is 6.20 Å². The van der Waals surface area contributed by atoms with Gasteiger partial charge in [-0.05, 0) is 32.4 Å². The number of rotatable bonds is 6. The first-order chi connectivity index (χ1) is 9.45. The summed E-state index contributed by atoms with van der Waals surface area (Å²) in [5.74, 6) is -0.342. The summed E-state index contributed by atoms with van der Waals surface area (Å²) >= 11 is 0. The zero-order valence-electron chi connectivity index (χ0n) is 12.6. The minimum Gasteiger partial charge on any atom is -0.350 e. The van der Waals surface area contributed by atoms with Crippen LogP contribution in [0.2, 0.25) is 0 Å². The van der Waals surface area contributed by atoms with Gasteiger partial charge in [-0.3, -0.25) is 14.6 Å². The van der Waals surface area contributed by atoms with Gasteiger partial charge in [0.15, 0.2) is 0 Å². The topological polar surface area (TPSA) is 62.3 Å². The molecule has 0 bridgehead atoms. The van der Waals surface area contributed by atoms with Gasteiger partial charge in [-0.25, -0.2) is 0 Å². The van der Waals surface area contributed by atoms with Crippen molar-refractivity contribution in [1.29, 1.82) is 0 Å². The van der Waals surface area contributed by atoms with Gasteiger partial charge in [0.1, 0.15) is 5.69 Å². The molecule has 1 rings (SSSR count). The number of hydrogen-bond acceptors (Lipinski definition) is 3. The van der Waals surface area contributed by atoms with Crippen molar-refractivity contribution in [3.63, 3.8) is 0 Å². The van der Waals surface area contributed by atoms with Crippen LogP contribution in [0, 0.1) is 0 Å². The fourth-order valence-electron chi connectivity index (χ4n) is 1.73. The molecule has 5 heteroatoms. The van der Waals surface area contributed by atoms with E-state index in [2.05, 4.69) is 17.2 Å². The quantitative estimate of drug-likeness (QED) is 0.866. The number of pyridine rings is 1. The van der Waals surface area contributed by atoms with Crippen LogP contribution in [-0.4, -0.2) is 41.3 Å². The first-order valence-electron chi connectivity index (χ1n) is 6.98. The van der Waals surface area contributed by atoms with Crippen LogP contribution in [0.25, 0.3) is 0 Å². The molecule has 110 valence electrons. The second-order valence-corrected chi connectivity index (χ2v) is 5.14. The van der Waals surface area contributed by atoms with Crippen molar-refractivity contribution in [2.45, 2.75) is 39.7 Å². The van der Waals surface area contributed by atoms with E-state index < -0.39 is 0 Å². The number of carbonyl (C=O) groups excluding carboxylic acids is 2. The molecule has 0 saturated carbocycles. The standard InChI is InChI=1S/C15H23N3O2/c1-5-6-9-18(4)15(20)13-10-12(7-8-16-13)14(19)17-11(2)3/h7-8,10-11H,5-6,9H2,1-4H3,(H,17,19). The highest BCUT2D eigenvalue weighted by molar-refractivity contribution is 5.98. The maximum atomic E-state index is 12.2. The van der Waals surface area contributed by atoms with Gasteiger partial charge >= 0.3 is 0 Å². The molecule has 1 aromatic rings. The molecule has 1 N–H and O–H groups in total. The minimum absolute atomic E-state index is 0.0574. The number of aromatic nitrogens is 1. The summed E-state index contributed by atoms with van der Waals surface area (Å²) in [6.45, 7) is 6.56. The van der Waals surface area contributed by atoms with Crippen molar-refractivity contribution in [3.05, 3.63) is 29.6 Å². The summed E-state index contributed by atoms with van der Waals surface area (Å²) < 4.78 is 0. The van der Waals surface area contributed by atoms with Crippen LogP contribution in [0.4, 0.5) is 0 Å². The van der Waals surface area contributed by atoms with Crippen LogP contribution < -0.4 is 5.32 Å². The van der Waals surface area contributed by atoms with Gasteiger partial charge in [-0.1, -0.05) is 13.3 Å². The Kier molecular flexibility index (Phi) is 6.15. The van der Waals surface area contributed by atoms with E-state index in [0.29, 0.717) is 17.8 Å². The predicted molar refractivity (Wildman–Crippen MR) is 78.7 cm³/mol. The molecule has 0 saturated heterocycles. The number of nitrogens with zero attached hydrogens (tertiary/aromatic N) is 2. The molecule has 0 aliphatic heterocycles. The molecule has 0 radical (unpaired) electrons. The fraction of sp³-hybridized carbons (Fsp3) is 0.533. The summed E-state index contributed by atoms with van der Waals surface area (Å²) in [4.78, 5) is 29.8.